The molecule has 2 heterocycles. The van der Waals surface area contributed by atoms with Gasteiger partial charge in [0.25, 0.3) is 0 Å². The number of anilines is 1. The third-order valence-corrected chi connectivity index (χ3v) is 7.72. The van der Waals surface area contributed by atoms with E-state index in [2.05, 4.69) is 10.2 Å². The molecule has 0 saturated heterocycles. The molecule has 0 aliphatic carbocycles. The lowest BCUT2D eigenvalue weighted by molar-refractivity contribution is 0.0703. The molecule has 1 atom stereocenters. The summed E-state index contributed by atoms with van der Waals surface area (Å²) in [5.74, 6) is -1.09. The van der Waals surface area contributed by atoms with E-state index in [-0.39, 0.29) is 10.6 Å². The maximum absolute atomic E-state index is 13.5. The van der Waals surface area contributed by atoms with Crippen LogP contribution >= 0.6 is 18.9 Å². The van der Waals surface area contributed by atoms with Crippen molar-refractivity contribution in [3.63, 3.8) is 0 Å². The smallest absolute Gasteiger partial charge is 0.348 e. The van der Waals surface area contributed by atoms with Crippen LogP contribution in [0, 0.1) is 13.8 Å². The SMILES string of the molecule is CCn1cc(-c2cc(NP(=O)(OC)c3ccc(C)cc3C)c(C(=O)O)s2)cn1. The van der Waals surface area contributed by atoms with E-state index >= 15 is 0 Å². The number of carboxylic acid groups (broad SMARTS) is 1. The highest BCUT2D eigenvalue weighted by Gasteiger charge is 2.30. The Labute approximate surface area is 167 Å². The van der Waals surface area contributed by atoms with E-state index in [0.29, 0.717) is 11.8 Å². The van der Waals surface area contributed by atoms with Gasteiger partial charge in [0.2, 0.25) is 0 Å². The summed E-state index contributed by atoms with van der Waals surface area (Å²) >= 11 is 1.11. The molecule has 0 aliphatic rings. The van der Waals surface area contributed by atoms with Crippen molar-refractivity contribution in [2.45, 2.75) is 27.3 Å². The lowest BCUT2D eigenvalue weighted by atomic mass is 10.2. The monoisotopic (exact) mass is 419 g/mol. The second-order valence-corrected chi connectivity index (χ2v) is 9.60. The van der Waals surface area contributed by atoms with Gasteiger partial charge in [-0.15, -0.1) is 11.3 Å². The molecule has 0 bridgehead atoms. The van der Waals surface area contributed by atoms with E-state index in [0.717, 1.165) is 32.9 Å². The highest BCUT2D eigenvalue weighted by atomic mass is 32.1. The summed E-state index contributed by atoms with van der Waals surface area (Å²) in [5.41, 5.74) is 2.93. The number of benzene rings is 1. The Balaban J connectivity index is 2.04. The van der Waals surface area contributed by atoms with E-state index in [1.807, 2.05) is 39.1 Å². The zero-order valence-corrected chi connectivity index (χ0v) is 17.8. The summed E-state index contributed by atoms with van der Waals surface area (Å²) in [6.45, 7) is 6.49. The molecule has 7 nitrogen and oxygen atoms in total. The van der Waals surface area contributed by atoms with Crippen LogP contribution in [0.15, 0.2) is 36.7 Å². The molecule has 0 radical (unpaired) electrons. The molecule has 0 amide bonds. The number of rotatable bonds is 7. The van der Waals surface area contributed by atoms with Crippen LogP contribution in [0.3, 0.4) is 0 Å². The largest absolute Gasteiger partial charge is 0.477 e. The van der Waals surface area contributed by atoms with Gasteiger partial charge in [0.1, 0.15) is 4.88 Å². The topological polar surface area (TPSA) is 93.5 Å². The number of carboxylic acids is 1. The van der Waals surface area contributed by atoms with Crippen molar-refractivity contribution in [1.82, 2.24) is 9.78 Å². The lowest BCUT2D eigenvalue weighted by Crippen LogP contribution is -2.17. The maximum atomic E-state index is 13.5. The fourth-order valence-electron chi connectivity index (χ4n) is 2.94. The maximum Gasteiger partial charge on any atom is 0.348 e. The highest BCUT2D eigenvalue weighted by molar-refractivity contribution is 7.68. The summed E-state index contributed by atoms with van der Waals surface area (Å²) in [4.78, 5) is 12.6. The van der Waals surface area contributed by atoms with Crippen molar-refractivity contribution in [3.05, 3.63) is 52.7 Å². The highest BCUT2D eigenvalue weighted by Crippen LogP contribution is 2.48. The molecule has 0 fully saturated rings. The fraction of sp³-hybridized carbons (Fsp3) is 0.263. The van der Waals surface area contributed by atoms with Gasteiger partial charge in [0.15, 0.2) is 0 Å². The quantitative estimate of drug-likeness (QED) is 0.547. The van der Waals surface area contributed by atoms with E-state index < -0.39 is 13.5 Å². The van der Waals surface area contributed by atoms with Gasteiger partial charge in [-0.2, -0.15) is 5.10 Å². The molecule has 1 aromatic carbocycles. The van der Waals surface area contributed by atoms with Crippen LogP contribution in [0.1, 0.15) is 27.7 Å². The van der Waals surface area contributed by atoms with Gasteiger partial charge in [0, 0.05) is 30.3 Å². The molecule has 3 rings (SSSR count). The first kappa shape index (κ1) is 20.3. The van der Waals surface area contributed by atoms with Gasteiger partial charge in [0.05, 0.1) is 17.2 Å². The average Bonchev–Trinajstić information content (AvgIpc) is 3.28. The summed E-state index contributed by atoms with van der Waals surface area (Å²) < 4.78 is 20.6. The molecule has 0 aliphatic heterocycles. The Morgan fingerprint density at radius 2 is 2.11 bits per heavy atom. The van der Waals surface area contributed by atoms with Gasteiger partial charge in [-0.25, -0.2) is 4.79 Å². The van der Waals surface area contributed by atoms with Crippen LogP contribution in [0.4, 0.5) is 5.69 Å². The molecule has 0 saturated carbocycles. The fourth-order valence-corrected chi connectivity index (χ4v) is 5.64. The number of hydrogen-bond acceptors (Lipinski definition) is 5. The molecule has 3 aromatic rings. The average molecular weight is 419 g/mol. The number of hydrogen-bond donors (Lipinski definition) is 2. The van der Waals surface area contributed by atoms with Crippen molar-refractivity contribution in [2.24, 2.45) is 0 Å². The number of aromatic carboxylic acids is 1. The first-order chi connectivity index (χ1) is 13.3. The van der Waals surface area contributed by atoms with Crippen LogP contribution in [0.5, 0.6) is 0 Å². The molecule has 9 heteroatoms. The number of carbonyl (C=O) groups is 1. The number of nitrogens with zero attached hydrogens (tertiary/aromatic N) is 2. The standard InChI is InChI=1S/C19H22N3O4PS/c1-5-22-11-14(10-20-22)17-9-15(18(28-17)19(23)24)21-27(25,26-4)16-7-6-12(2)8-13(16)3/h6-11H,5H2,1-4H3,(H,21,25)(H,23,24). The van der Waals surface area contributed by atoms with Gasteiger partial charge in [-0.05, 0) is 38.5 Å². The second kappa shape index (κ2) is 7.91. The van der Waals surface area contributed by atoms with Crippen molar-refractivity contribution in [2.75, 3.05) is 12.2 Å². The summed E-state index contributed by atoms with van der Waals surface area (Å²) in [6.07, 6.45) is 3.53. The Hall–Kier alpha value is -2.41. The zero-order valence-electron chi connectivity index (χ0n) is 16.1. The minimum atomic E-state index is -3.50. The molecule has 2 aromatic heterocycles. The Bertz CT molecular complexity index is 1070. The van der Waals surface area contributed by atoms with E-state index in [1.165, 1.54) is 7.11 Å². The van der Waals surface area contributed by atoms with Gasteiger partial charge in [-0.1, -0.05) is 17.7 Å². The number of nitrogens with one attached hydrogen (secondary N) is 1. The van der Waals surface area contributed by atoms with Gasteiger partial charge in [-0.3, -0.25) is 9.25 Å². The summed E-state index contributed by atoms with van der Waals surface area (Å²) in [7, 11) is -2.15. The molecule has 28 heavy (non-hydrogen) atoms. The third-order valence-electron chi connectivity index (χ3n) is 4.36. The van der Waals surface area contributed by atoms with Crippen LogP contribution in [0.25, 0.3) is 10.4 Å². The zero-order chi connectivity index (χ0) is 20.5. The summed E-state index contributed by atoms with van der Waals surface area (Å²) in [5, 5.41) is 17.3. The molecule has 1 unspecified atom stereocenters. The Morgan fingerprint density at radius 1 is 1.36 bits per heavy atom. The van der Waals surface area contributed by atoms with Crippen LogP contribution in [0.2, 0.25) is 0 Å². The molecular weight excluding hydrogens is 397 g/mol. The molecule has 0 spiro atoms. The number of aromatic nitrogens is 2. The number of aryl methyl sites for hydroxylation is 3. The minimum absolute atomic E-state index is 0.0706. The van der Waals surface area contributed by atoms with Gasteiger partial charge >= 0.3 is 13.5 Å². The third kappa shape index (κ3) is 3.90. The van der Waals surface area contributed by atoms with E-state index in [1.54, 1.807) is 23.0 Å². The molecule has 148 valence electrons. The first-order valence-corrected chi connectivity index (χ1v) is 11.1. The first-order valence-electron chi connectivity index (χ1n) is 8.69. The van der Waals surface area contributed by atoms with Crippen molar-refractivity contribution < 1.29 is 19.0 Å². The Kier molecular flexibility index (Phi) is 5.74. The predicted octanol–water partition coefficient (Wildman–Crippen LogP) is 4.52. The van der Waals surface area contributed by atoms with E-state index in [9.17, 15) is 14.5 Å². The van der Waals surface area contributed by atoms with Crippen LogP contribution in [-0.4, -0.2) is 28.0 Å². The van der Waals surface area contributed by atoms with Crippen molar-refractivity contribution in [3.8, 4) is 10.4 Å². The minimum Gasteiger partial charge on any atom is -0.477 e. The lowest BCUT2D eigenvalue weighted by Gasteiger charge is -2.20. The Morgan fingerprint density at radius 3 is 2.68 bits per heavy atom. The normalized spacial score (nSPS) is 13.3. The number of thiophene rings is 1. The summed E-state index contributed by atoms with van der Waals surface area (Å²) in [6, 6.07) is 7.20. The van der Waals surface area contributed by atoms with E-state index in [4.69, 9.17) is 4.52 Å². The molecular formula is C19H22N3O4PS. The van der Waals surface area contributed by atoms with Gasteiger partial charge < -0.3 is 14.7 Å². The second-order valence-electron chi connectivity index (χ2n) is 6.38. The molecule has 2 N–H and O–H groups in total. The predicted molar refractivity (Wildman–Crippen MR) is 112 cm³/mol. The van der Waals surface area contributed by atoms with Crippen LogP contribution < -0.4 is 10.4 Å². The van der Waals surface area contributed by atoms with Crippen LogP contribution in [-0.2, 0) is 15.6 Å². The van der Waals surface area contributed by atoms with Crippen molar-refractivity contribution >= 4 is 35.8 Å². The van der Waals surface area contributed by atoms with Crippen molar-refractivity contribution in [1.29, 1.82) is 0 Å².